The molecule has 246 valence electrons. The lowest BCUT2D eigenvalue weighted by molar-refractivity contribution is -0.269. The van der Waals surface area contributed by atoms with Crippen LogP contribution in [0.5, 0.6) is 5.75 Å². The number of nitrogens with zero attached hydrogens (tertiary/aromatic N) is 3. The molecular formula is C37H43N3O6Si. The summed E-state index contributed by atoms with van der Waals surface area (Å²) in [4.78, 5) is 3.02. The average molecular weight is 654 g/mol. The first-order valence-corrected chi connectivity index (χ1v) is 17.7. The molecule has 1 heterocycles. The minimum Gasteiger partial charge on any atom is -0.497 e. The van der Waals surface area contributed by atoms with Gasteiger partial charge in [-0.05, 0) is 44.2 Å². The SMILES string of the molecule is COc1ccc(CO[C@H]2[C@H](OCc3ccccc3)[C@@H](N=[N+]=[N-])C(O)O[C@@H]2CO[Si](c2ccccc2)(c2ccccc2)C(C)(C)C)cc1. The van der Waals surface area contributed by atoms with E-state index in [-0.39, 0.29) is 24.9 Å². The number of benzene rings is 4. The lowest BCUT2D eigenvalue weighted by Gasteiger charge is -2.47. The molecule has 9 nitrogen and oxygen atoms in total. The van der Waals surface area contributed by atoms with E-state index in [1.54, 1.807) is 7.11 Å². The normalized spacial score (nSPS) is 21.5. The monoisotopic (exact) mass is 653 g/mol. The van der Waals surface area contributed by atoms with Crippen LogP contribution in [-0.4, -0.2) is 57.8 Å². The topological polar surface area (TPSA) is 115 Å². The van der Waals surface area contributed by atoms with Crippen LogP contribution in [0, 0.1) is 0 Å². The van der Waals surface area contributed by atoms with Crippen LogP contribution in [-0.2, 0) is 31.9 Å². The summed E-state index contributed by atoms with van der Waals surface area (Å²) in [6.07, 6.45) is -3.77. The molecule has 1 saturated heterocycles. The fourth-order valence-electron chi connectivity index (χ4n) is 6.27. The Hall–Kier alpha value is -3.99. The number of azide groups is 1. The highest BCUT2D eigenvalue weighted by molar-refractivity contribution is 6.99. The Morgan fingerprint density at radius 1 is 0.766 bits per heavy atom. The van der Waals surface area contributed by atoms with Gasteiger partial charge in [0.2, 0.25) is 0 Å². The highest BCUT2D eigenvalue weighted by Gasteiger charge is 2.53. The molecule has 47 heavy (non-hydrogen) atoms. The fourth-order valence-corrected chi connectivity index (χ4v) is 10.8. The van der Waals surface area contributed by atoms with Gasteiger partial charge in [-0.3, -0.25) is 0 Å². The van der Waals surface area contributed by atoms with Gasteiger partial charge in [0.25, 0.3) is 8.32 Å². The zero-order valence-electron chi connectivity index (χ0n) is 27.3. The Kier molecular flexibility index (Phi) is 11.5. The molecule has 10 heteroatoms. The quantitative estimate of drug-likeness (QED) is 0.0803. The van der Waals surface area contributed by atoms with Gasteiger partial charge in [0, 0.05) is 4.91 Å². The molecule has 0 saturated carbocycles. The first kappa shape index (κ1) is 34.3. The van der Waals surface area contributed by atoms with E-state index < -0.39 is 39.0 Å². The van der Waals surface area contributed by atoms with Crippen molar-refractivity contribution in [3.8, 4) is 5.75 Å². The summed E-state index contributed by atoms with van der Waals surface area (Å²) in [6, 6.07) is 36.9. The standard InChI is InChI=1S/C37H43N3O6Si/c1-37(2,3)47(30-16-10-6-11-17-30,31-18-12-7-13-19-31)45-26-32-34(43-25-28-20-22-29(42-4)23-21-28)35(33(39-40-38)36(41)46-32)44-24-27-14-8-5-9-15-27/h5-23,32-36,41H,24-26H2,1-4H3/t32-,33-,34-,35-,36?/m1/s1. The van der Waals surface area contributed by atoms with Crippen molar-refractivity contribution in [2.24, 2.45) is 5.11 Å². The Labute approximate surface area is 277 Å². The van der Waals surface area contributed by atoms with Crippen molar-refractivity contribution in [3.63, 3.8) is 0 Å². The predicted molar refractivity (Wildman–Crippen MR) is 184 cm³/mol. The minimum absolute atomic E-state index is 0.103. The van der Waals surface area contributed by atoms with Gasteiger partial charge in [-0.25, -0.2) is 0 Å². The van der Waals surface area contributed by atoms with E-state index in [9.17, 15) is 10.6 Å². The molecule has 4 aromatic carbocycles. The summed E-state index contributed by atoms with van der Waals surface area (Å²) < 4.78 is 31.8. The number of hydrogen-bond donors (Lipinski definition) is 1. The van der Waals surface area contributed by atoms with Crippen LogP contribution in [0.25, 0.3) is 10.4 Å². The highest BCUT2D eigenvalue weighted by Crippen LogP contribution is 2.38. The third-order valence-corrected chi connectivity index (χ3v) is 13.6. The van der Waals surface area contributed by atoms with Crippen molar-refractivity contribution in [2.75, 3.05) is 13.7 Å². The van der Waals surface area contributed by atoms with Crippen molar-refractivity contribution >= 4 is 18.7 Å². The van der Waals surface area contributed by atoms with E-state index >= 15 is 0 Å². The Bertz CT molecular complexity index is 1540. The third-order valence-electron chi connectivity index (χ3n) is 8.59. The molecule has 1 aliphatic heterocycles. The van der Waals surface area contributed by atoms with Gasteiger partial charge in [0.05, 0.1) is 26.9 Å². The maximum Gasteiger partial charge on any atom is 0.261 e. The lowest BCUT2D eigenvalue weighted by Crippen LogP contribution is -2.68. The number of hydrogen-bond acceptors (Lipinski definition) is 7. The molecule has 5 rings (SSSR count). The Morgan fingerprint density at radius 2 is 1.28 bits per heavy atom. The second-order valence-corrected chi connectivity index (χ2v) is 16.9. The third kappa shape index (κ3) is 7.94. The molecule has 0 amide bonds. The zero-order valence-corrected chi connectivity index (χ0v) is 28.3. The van der Waals surface area contributed by atoms with Crippen LogP contribution in [0.15, 0.2) is 120 Å². The smallest absolute Gasteiger partial charge is 0.261 e. The van der Waals surface area contributed by atoms with Crippen LogP contribution in [0.4, 0.5) is 0 Å². The van der Waals surface area contributed by atoms with E-state index in [0.717, 1.165) is 27.2 Å². The summed E-state index contributed by atoms with van der Waals surface area (Å²) in [5.41, 5.74) is 11.3. The number of rotatable bonds is 13. The first-order valence-electron chi connectivity index (χ1n) is 15.8. The largest absolute Gasteiger partial charge is 0.497 e. The second kappa shape index (κ2) is 15.7. The highest BCUT2D eigenvalue weighted by atomic mass is 28.4. The average Bonchev–Trinajstić information content (AvgIpc) is 3.09. The Morgan fingerprint density at radius 3 is 1.79 bits per heavy atom. The van der Waals surface area contributed by atoms with Gasteiger partial charge >= 0.3 is 0 Å². The summed E-state index contributed by atoms with van der Waals surface area (Å²) in [5, 5.41) is 17.1. The predicted octanol–water partition coefficient (Wildman–Crippen LogP) is 6.14. The van der Waals surface area contributed by atoms with Crippen molar-refractivity contribution < 1.29 is 28.5 Å². The molecule has 0 aromatic heterocycles. The molecule has 5 atom stereocenters. The van der Waals surface area contributed by atoms with Crippen LogP contribution in [0.2, 0.25) is 5.04 Å². The number of aliphatic hydroxyl groups excluding tert-OH is 1. The molecule has 0 bridgehead atoms. The van der Waals surface area contributed by atoms with E-state index in [1.807, 2.05) is 91.0 Å². The van der Waals surface area contributed by atoms with Crippen LogP contribution in [0.1, 0.15) is 31.9 Å². The first-order chi connectivity index (χ1) is 22.8. The van der Waals surface area contributed by atoms with Crippen molar-refractivity contribution in [2.45, 2.75) is 69.7 Å². The lowest BCUT2D eigenvalue weighted by atomic mass is 9.97. The van der Waals surface area contributed by atoms with Gasteiger partial charge in [-0.2, -0.15) is 0 Å². The summed E-state index contributed by atoms with van der Waals surface area (Å²) in [7, 11) is -1.34. The molecule has 4 aromatic rings. The van der Waals surface area contributed by atoms with Crippen molar-refractivity contribution in [3.05, 3.63) is 137 Å². The van der Waals surface area contributed by atoms with E-state index in [2.05, 4.69) is 55.1 Å². The maximum atomic E-state index is 11.2. The zero-order chi connectivity index (χ0) is 33.3. The van der Waals surface area contributed by atoms with Crippen molar-refractivity contribution in [1.29, 1.82) is 0 Å². The summed E-state index contributed by atoms with van der Waals surface area (Å²) >= 11 is 0. The summed E-state index contributed by atoms with van der Waals surface area (Å²) in [5.74, 6) is 0.738. The van der Waals surface area contributed by atoms with E-state index in [4.69, 9.17) is 23.4 Å². The van der Waals surface area contributed by atoms with Crippen LogP contribution < -0.4 is 15.1 Å². The van der Waals surface area contributed by atoms with Gasteiger partial charge in [-0.1, -0.05) is 129 Å². The summed E-state index contributed by atoms with van der Waals surface area (Å²) in [6.45, 7) is 7.16. The molecular weight excluding hydrogens is 611 g/mol. The molecule has 0 aliphatic carbocycles. The molecule has 0 spiro atoms. The van der Waals surface area contributed by atoms with Gasteiger partial charge in [0.15, 0.2) is 6.29 Å². The molecule has 1 N–H and O–H groups in total. The second-order valence-electron chi connectivity index (χ2n) is 12.6. The molecule has 0 radical (unpaired) electrons. The minimum atomic E-state index is -2.96. The fraction of sp³-hybridized carbons (Fsp3) is 0.351. The molecule has 1 aliphatic rings. The van der Waals surface area contributed by atoms with Crippen LogP contribution >= 0.6 is 0 Å². The van der Waals surface area contributed by atoms with E-state index in [0.29, 0.717) is 0 Å². The van der Waals surface area contributed by atoms with E-state index in [1.165, 1.54) is 0 Å². The number of methoxy groups -OCH3 is 1. The number of ether oxygens (including phenoxy) is 4. The maximum absolute atomic E-state index is 11.2. The van der Waals surface area contributed by atoms with Gasteiger partial charge in [0.1, 0.15) is 30.1 Å². The molecule has 1 fully saturated rings. The van der Waals surface area contributed by atoms with Crippen LogP contribution in [0.3, 0.4) is 0 Å². The molecule has 1 unspecified atom stereocenters. The number of aliphatic hydroxyl groups is 1. The van der Waals surface area contributed by atoms with Gasteiger partial charge < -0.3 is 28.5 Å². The van der Waals surface area contributed by atoms with Crippen molar-refractivity contribution in [1.82, 2.24) is 0 Å². The van der Waals surface area contributed by atoms with Gasteiger partial charge in [-0.15, -0.1) is 0 Å². The Balaban J connectivity index is 1.52.